The van der Waals surface area contributed by atoms with E-state index >= 15 is 0 Å². The first-order valence-electron chi connectivity index (χ1n) is 5.90. The molecule has 19 heavy (non-hydrogen) atoms. The minimum absolute atomic E-state index is 0.442. The molecule has 0 saturated carbocycles. The van der Waals surface area contributed by atoms with Crippen LogP contribution in [0.1, 0.15) is 5.56 Å². The Balaban J connectivity index is 1.86. The average Bonchev–Trinajstić information content (AvgIpc) is 2.45. The molecule has 0 amide bonds. The summed E-state index contributed by atoms with van der Waals surface area (Å²) >= 11 is 5.84. The first-order chi connectivity index (χ1) is 9.33. The van der Waals surface area contributed by atoms with Crippen molar-refractivity contribution in [2.24, 2.45) is 0 Å². The number of benzene rings is 1. The largest absolute Gasteiger partial charge is 0.487 e. The fourth-order valence-corrected chi connectivity index (χ4v) is 2.08. The average molecular weight is 271 g/mol. The lowest BCUT2D eigenvalue weighted by molar-refractivity contribution is 0.309. The molecule has 0 atom stereocenters. The van der Waals surface area contributed by atoms with Crippen LogP contribution in [0.15, 0.2) is 54.9 Å². The molecule has 3 nitrogen and oxygen atoms in total. The molecule has 2 heterocycles. The van der Waals surface area contributed by atoms with Gasteiger partial charge in [-0.05, 0) is 29.8 Å². The van der Waals surface area contributed by atoms with E-state index in [-0.39, 0.29) is 0 Å². The van der Waals surface area contributed by atoms with E-state index in [0.717, 1.165) is 22.2 Å². The molecule has 0 N–H and O–H groups in total. The van der Waals surface area contributed by atoms with E-state index in [9.17, 15) is 0 Å². The van der Waals surface area contributed by atoms with Gasteiger partial charge in [0.05, 0.1) is 0 Å². The summed E-state index contributed by atoms with van der Waals surface area (Å²) in [7, 11) is 0. The van der Waals surface area contributed by atoms with Gasteiger partial charge in [0.25, 0.3) is 0 Å². The van der Waals surface area contributed by atoms with E-state index < -0.39 is 0 Å². The van der Waals surface area contributed by atoms with Crippen molar-refractivity contribution in [3.05, 3.63) is 65.6 Å². The lowest BCUT2D eigenvalue weighted by Gasteiger charge is -2.08. The second-order valence-electron chi connectivity index (χ2n) is 4.11. The molecule has 0 radical (unpaired) electrons. The predicted octanol–water partition coefficient (Wildman–Crippen LogP) is 3.86. The molecule has 2 aromatic heterocycles. The summed E-state index contributed by atoms with van der Waals surface area (Å²) in [6.07, 6.45) is 3.43. The number of nitrogens with zero attached hydrogens (tertiary/aromatic N) is 2. The van der Waals surface area contributed by atoms with Gasteiger partial charge in [-0.3, -0.25) is 4.98 Å². The number of fused-ring (bicyclic) bond motifs is 1. The highest BCUT2D eigenvalue weighted by molar-refractivity contribution is 6.29. The molecule has 0 aliphatic carbocycles. The Hall–Kier alpha value is -2.13. The molecule has 3 rings (SSSR count). The van der Waals surface area contributed by atoms with Crippen LogP contribution in [0.2, 0.25) is 5.15 Å². The first kappa shape index (κ1) is 11.9. The van der Waals surface area contributed by atoms with Crippen LogP contribution in [0.4, 0.5) is 0 Å². The maximum absolute atomic E-state index is 5.84. The van der Waals surface area contributed by atoms with E-state index in [1.54, 1.807) is 18.5 Å². The summed E-state index contributed by atoms with van der Waals surface area (Å²) in [4.78, 5) is 8.29. The fourth-order valence-electron chi connectivity index (χ4n) is 1.89. The maximum atomic E-state index is 5.84. The molecular weight excluding hydrogens is 260 g/mol. The van der Waals surface area contributed by atoms with Gasteiger partial charge in [-0.2, -0.15) is 0 Å². The van der Waals surface area contributed by atoms with E-state index in [2.05, 4.69) is 9.97 Å². The van der Waals surface area contributed by atoms with Crippen LogP contribution in [0, 0.1) is 0 Å². The van der Waals surface area contributed by atoms with Gasteiger partial charge in [0.1, 0.15) is 23.0 Å². The number of halogens is 1. The van der Waals surface area contributed by atoms with Crippen LogP contribution in [-0.4, -0.2) is 9.97 Å². The second-order valence-corrected chi connectivity index (χ2v) is 4.49. The molecule has 0 spiro atoms. The van der Waals surface area contributed by atoms with Crippen molar-refractivity contribution >= 4 is 22.5 Å². The van der Waals surface area contributed by atoms with Gasteiger partial charge in [-0.1, -0.05) is 29.8 Å². The van der Waals surface area contributed by atoms with Gasteiger partial charge in [0.15, 0.2) is 0 Å². The summed E-state index contributed by atoms with van der Waals surface area (Å²) in [6, 6.07) is 13.5. The minimum Gasteiger partial charge on any atom is -0.487 e. The Bertz CT molecular complexity index is 710. The molecule has 0 saturated heterocycles. The van der Waals surface area contributed by atoms with E-state index in [4.69, 9.17) is 16.3 Å². The van der Waals surface area contributed by atoms with Gasteiger partial charge in [0.2, 0.25) is 0 Å². The van der Waals surface area contributed by atoms with Crippen molar-refractivity contribution in [3.63, 3.8) is 0 Å². The molecule has 1 aromatic carbocycles. The van der Waals surface area contributed by atoms with Crippen molar-refractivity contribution in [2.45, 2.75) is 6.61 Å². The van der Waals surface area contributed by atoms with Crippen LogP contribution in [0.25, 0.3) is 10.9 Å². The first-order valence-corrected chi connectivity index (χ1v) is 6.28. The van der Waals surface area contributed by atoms with Crippen molar-refractivity contribution < 1.29 is 4.74 Å². The molecule has 0 fully saturated rings. The van der Waals surface area contributed by atoms with Crippen molar-refractivity contribution in [1.29, 1.82) is 0 Å². The third-order valence-corrected chi connectivity index (χ3v) is 2.99. The van der Waals surface area contributed by atoms with E-state index in [0.29, 0.717) is 11.8 Å². The second kappa shape index (κ2) is 5.24. The smallest absolute Gasteiger partial charge is 0.146 e. The number of hydrogen-bond acceptors (Lipinski definition) is 3. The molecular formula is C15H11ClN2O. The maximum Gasteiger partial charge on any atom is 0.146 e. The van der Waals surface area contributed by atoms with Crippen LogP contribution in [0.3, 0.4) is 0 Å². The number of pyridine rings is 2. The highest BCUT2D eigenvalue weighted by Gasteiger charge is 2.03. The fraction of sp³-hybridized carbons (Fsp3) is 0.0667. The van der Waals surface area contributed by atoms with Gasteiger partial charge < -0.3 is 4.74 Å². The predicted molar refractivity (Wildman–Crippen MR) is 75.3 cm³/mol. The molecule has 0 unspecified atom stereocenters. The van der Waals surface area contributed by atoms with Gasteiger partial charge >= 0.3 is 0 Å². The standard InChI is InChI=1S/C15H11ClN2O/c16-14-9-11(6-8-17-14)10-19-13-5-1-3-12-4-2-7-18-15(12)13/h1-9H,10H2. The summed E-state index contributed by atoms with van der Waals surface area (Å²) in [5.41, 5.74) is 1.85. The number of hydrogen-bond donors (Lipinski definition) is 0. The Morgan fingerprint density at radius 1 is 1.00 bits per heavy atom. The SMILES string of the molecule is Clc1cc(COc2cccc3cccnc23)ccn1. The Labute approximate surface area is 115 Å². The molecule has 0 aliphatic heterocycles. The van der Waals surface area contributed by atoms with Crippen LogP contribution >= 0.6 is 11.6 Å². The van der Waals surface area contributed by atoms with Gasteiger partial charge in [-0.25, -0.2) is 4.98 Å². The van der Waals surface area contributed by atoms with E-state index in [1.807, 2.05) is 36.4 Å². The number of ether oxygens (including phenoxy) is 1. The topological polar surface area (TPSA) is 35.0 Å². The van der Waals surface area contributed by atoms with Crippen molar-refractivity contribution in [2.75, 3.05) is 0 Å². The zero-order valence-electron chi connectivity index (χ0n) is 10.1. The zero-order valence-corrected chi connectivity index (χ0v) is 10.8. The minimum atomic E-state index is 0.442. The van der Waals surface area contributed by atoms with Crippen molar-refractivity contribution in [3.8, 4) is 5.75 Å². The third kappa shape index (κ3) is 2.66. The lowest BCUT2D eigenvalue weighted by atomic mass is 10.2. The normalized spacial score (nSPS) is 10.6. The summed E-state index contributed by atoms with van der Waals surface area (Å²) in [6.45, 7) is 0.442. The molecule has 94 valence electrons. The quantitative estimate of drug-likeness (QED) is 0.678. The van der Waals surface area contributed by atoms with Crippen LogP contribution in [0.5, 0.6) is 5.75 Å². The molecule has 0 bridgehead atoms. The highest BCUT2D eigenvalue weighted by atomic mass is 35.5. The third-order valence-electron chi connectivity index (χ3n) is 2.78. The summed E-state index contributed by atoms with van der Waals surface area (Å²) < 4.78 is 5.81. The molecule has 0 aliphatic rings. The van der Waals surface area contributed by atoms with Crippen LogP contribution in [-0.2, 0) is 6.61 Å². The van der Waals surface area contributed by atoms with E-state index in [1.165, 1.54) is 0 Å². The Morgan fingerprint density at radius 2 is 1.89 bits per heavy atom. The Morgan fingerprint density at radius 3 is 2.79 bits per heavy atom. The molecule has 4 heteroatoms. The number of para-hydroxylation sites is 1. The monoisotopic (exact) mass is 270 g/mol. The van der Waals surface area contributed by atoms with Gasteiger partial charge in [-0.15, -0.1) is 0 Å². The summed E-state index contributed by atoms with van der Waals surface area (Å²) in [5.74, 6) is 0.769. The van der Waals surface area contributed by atoms with Gasteiger partial charge in [0, 0.05) is 17.8 Å². The highest BCUT2D eigenvalue weighted by Crippen LogP contribution is 2.23. The van der Waals surface area contributed by atoms with Crippen molar-refractivity contribution in [1.82, 2.24) is 9.97 Å². The number of rotatable bonds is 3. The molecule has 3 aromatic rings. The zero-order chi connectivity index (χ0) is 13.1. The lowest BCUT2D eigenvalue weighted by Crippen LogP contribution is -1.97. The Kier molecular flexibility index (Phi) is 3.29. The summed E-state index contributed by atoms with van der Waals surface area (Å²) in [5, 5.41) is 1.53. The van der Waals surface area contributed by atoms with Crippen LogP contribution < -0.4 is 4.74 Å². The number of aromatic nitrogens is 2.